The zero-order valence-electron chi connectivity index (χ0n) is 6.39. The summed E-state index contributed by atoms with van der Waals surface area (Å²) in [4.78, 5) is 0. The quantitative estimate of drug-likeness (QED) is 0.522. The van der Waals surface area contributed by atoms with Crippen molar-refractivity contribution >= 4 is 0 Å². The Labute approximate surface area is 61.4 Å². The number of hydrogen-bond acceptors (Lipinski definition) is 2. The standard InChI is InChI=1S/C6H14O2.2H2O/c1-2-3-5-8-6-4-7;;/h7H,2-6H2,1H3;2*1H2. The summed E-state index contributed by atoms with van der Waals surface area (Å²) in [6, 6.07) is 0. The van der Waals surface area contributed by atoms with Gasteiger partial charge in [0.15, 0.2) is 0 Å². The summed E-state index contributed by atoms with van der Waals surface area (Å²) >= 11 is 0. The number of unbranched alkanes of at least 4 members (excludes halogenated alkanes) is 1. The maximum atomic E-state index is 8.24. The lowest BCUT2D eigenvalue weighted by molar-refractivity contribution is 0.0904. The van der Waals surface area contributed by atoms with Crippen molar-refractivity contribution in [3.05, 3.63) is 0 Å². The second kappa shape index (κ2) is 15.9. The van der Waals surface area contributed by atoms with Crippen LogP contribution in [0.15, 0.2) is 0 Å². The van der Waals surface area contributed by atoms with Crippen LogP contribution < -0.4 is 0 Å². The van der Waals surface area contributed by atoms with Crippen molar-refractivity contribution in [2.75, 3.05) is 19.8 Å². The highest BCUT2D eigenvalue weighted by molar-refractivity contribution is 4.30. The first-order chi connectivity index (χ1) is 3.91. The molecule has 0 radical (unpaired) electrons. The van der Waals surface area contributed by atoms with Crippen molar-refractivity contribution in [2.24, 2.45) is 0 Å². The second-order valence-electron chi connectivity index (χ2n) is 1.69. The normalized spacial score (nSPS) is 7.80. The third kappa shape index (κ3) is 15.7. The van der Waals surface area contributed by atoms with Gasteiger partial charge < -0.3 is 20.8 Å². The Kier molecular flexibility index (Phi) is 26.2. The van der Waals surface area contributed by atoms with Crippen molar-refractivity contribution in [3.63, 3.8) is 0 Å². The van der Waals surface area contributed by atoms with Crippen LogP contribution in [-0.4, -0.2) is 35.9 Å². The molecular formula is C6H18O4. The molecule has 0 aromatic heterocycles. The molecule has 4 heteroatoms. The molecule has 0 heterocycles. The Morgan fingerprint density at radius 2 is 1.80 bits per heavy atom. The van der Waals surface area contributed by atoms with Crippen molar-refractivity contribution in [1.29, 1.82) is 0 Å². The van der Waals surface area contributed by atoms with Crippen LogP contribution in [0.3, 0.4) is 0 Å². The number of aliphatic hydroxyl groups excluding tert-OH is 1. The van der Waals surface area contributed by atoms with Gasteiger partial charge in [-0.15, -0.1) is 0 Å². The van der Waals surface area contributed by atoms with Crippen LogP contribution in [0.2, 0.25) is 0 Å². The lowest BCUT2D eigenvalue weighted by atomic mass is 10.4. The van der Waals surface area contributed by atoms with Gasteiger partial charge in [-0.3, -0.25) is 0 Å². The molecule has 0 aliphatic carbocycles. The highest BCUT2D eigenvalue weighted by Gasteiger charge is 1.82. The van der Waals surface area contributed by atoms with E-state index in [1.54, 1.807) is 0 Å². The number of hydrogen-bond donors (Lipinski definition) is 1. The van der Waals surface area contributed by atoms with E-state index in [9.17, 15) is 0 Å². The van der Waals surface area contributed by atoms with Crippen molar-refractivity contribution in [2.45, 2.75) is 19.8 Å². The van der Waals surface area contributed by atoms with Gasteiger partial charge in [0.05, 0.1) is 13.2 Å². The number of ether oxygens (including phenoxy) is 1. The summed E-state index contributed by atoms with van der Waals surface area (Å²) in [5, 5.41) is 8.24. The fraction of sp³-hybridized carbons (Fsp3) is 1.00. The van der Waals surface area contributed by atoms with Gasteiger partial charge in [0, 0.05) is 6.61 Å². The van der Waals surface area contributed by atoms with Gasteiger partial charge in [-0.05, 0) is 6.42 Å². The van der Waals surface area contributed by atoms with E-state index in [0.29, 0.717) is 6.61 Å². The molecule has 0 aromatic carbocycles. The van der Waals surface area contributed by atoms with E-state index in [1.807, 2.05) is 0 Å². The summed E-state index contributed by atoms with van der Waals surface area (Å²) in [5.74, 6) is 0. The van der Waals surface area contributed by atoms with E-state index >= 15 is 0 Å². The maximum Gasteiger partial charge on any atom is 0.0697 e. The minimum absolute atomic E-state index is 0. The Balaban J connectivity index is -0.000000245. The highest BCUT2D eigenvalue weighted by Crippen LogP contribution is 1.85. The lowest BCUT2D eigenvalue weighted by Crippen LogP contribution is -1.99. The molecule has 0 aliphatic rings. The number of rotatable bonds is 5. The van der Waals surface area contributed by atoms with Crippen LogP contribution in [0.25, 0.3) is 0 Å². The number of aliphatic hydroxyl groups is 1. The smallest absolute Gasteiger partial charge is 0.0697 e. The molecular weight excluding hydrogens is 136 g/mol. The first-order valence-electron chi connectivity index (χ1n) is 3.10. The fourth-order valence-electron chi connectivity index (χ4n) is 0.413. The fourth-order valence-corrected chi connectivity index (χ4v) is 0.413. The summed E-state index contributed by atoms with van der Waals surface area (Å²) in [6.07, 6.45) is 2.26. The largest absolute Gasteiger partial charge is 0.412 e. The summed E-state index contributed by atoms with van der Waals surface area (Å²) in [5.41, 5.74) is 0. The predicted molar refractivity (Wildman–Crippen MR) is 40.0 cm³/mol. The van der Waals surface area contributed by atoms with Crippen LogP contribution in [0.1, 0.15) is 19.8 Å². The summed E-state index contributed by atoms with van der Waals surface area (Å²) in [7, 11) is 0. The first-order valence-corrected chi connectivity index (χ1v) is 3.10. The van der Waals surface area contributed by atoms with Crippen LogP contribution in [0.5, 0.6) is 0 Å². The average molecular weight is 154 g/mol. The minimum Gasteiger partial charge on any atom is -0.412 e. The first kappa shape index (κ1) is 16.4. The van der Waals surface area contributed by atoms with E-state index in [4.69, 9.17) is 9.84 Å². The molecule has 0 amide bonds. The molecule has 4 nitrogen and oxygen atoms in total. The molecule has 0 atom stereocenters. The van der Waals surface area contributed by atoms with E-state index < -0.39 is 0 Å². The molecule has 0 saturated heterocycles. The molecule has 0 aromatic rings. The van der Waals surface area contributed by atoms with Gasteiger partial charge in [-0.1, -0.05) is 13.3 Å². The van der Waals surface area contributed by atoms with Gasteiger partial charge in [-0.2, -0.15) is 0 Å². The molecule has 10 heavy (non-hydrogen) atoms. The zero-order chi connectivity index (χ0) is 6.24. The monoisotopic (exact) mass is 154 g/mol. The molecule has 0 aliphatic heterocycles. The Bertz CT molecular complexity index is 34.7. The van der Waals surface area contributed by atoms with Crippen LogP contribution in [0, 0.1) is 0 Å². The van der Waals surface area contributed by atoms with Crippen molar-refractivity contribution < 1.29 is 20.8 Å². The topological polar surface area (TPSA) is 92.5 Å². The van der Waals surface area contributed by atoms with Gasteiger partial charge in [0.1, 0.15) is 0 Å². The van der Waals surface area contributed by atoms with Gasteiger partial charge in [0.2, 0.25) is 0 Å². The summed E-state index contributed by atoms with van der Waals surface area (Å²) in [6.45, 7) is 3.53. The van der Waals surface area contributed by atoms with Gasteiger partial charge >= 0.3 is 0 Å². The molecule has 0 fully saturated rings. The second-order valence-corrected chi connectivity index (χ2v) is 1.69. The van der Waals surface area contributed by atoms with E-state index in [1.165, 1.54) is 0 Å². The van der Waals surface area contributed by atoms with Crippen LogP contribution in [-0.2, 0) is 4.74 Å². The SMILES string of the molecule is CCCCOCCO.O.O. The van der Waals surface area contributed by atoms with Gasteiger partial charge in [0.25, 0.3) is 0 Å². The molecule has 5 N–H and O–H groups in total. The zero-order valence-corrected chi connectivity index (χ0v) is 6.39. The molecule has 0 saturated carbocycles. The molecule has 0 rings (SSSR count). The molecule has 0 unspecified atom stereocenters. The molecule has 0 spiro atoms. The molecule has 66 valence electrons. The van der Waals surface area contributed by atoms with E-state index in [0.717, 1.165) is 19.4 Å². The third-order valence-corrected chi connectivity index (χ3v) is 0.878. The lowest BCUT2D eigenvalue weighted by Gasteiger charge is -1.97. The highest BCUT2D eigenvalue weighted by atomic mass is 16.5. The Morgan fingerprint density at radius 3 is 2.20 bits per heavy atom. The maximum absolute atomic E-state index is 8.24. The Hall–Kier alpha value is -0.160. The third-order valence-electron chi connectivity index (χ3n) is 0.878. The van der Waals surface area contributed by atoms with Crippen molar-refractivity contribution in [1.82, 2.24) is 0 Å². The van der Waals surface area contributed by atoms with Crippen molar-refractivity contribution in [3.8, 4) is 0 Å². The van der Waals surface area contributed by atoms with E-state index in [-0.39, 0.29) is 17.6 Å². The van der Waals surface area contributed by atoms with Gasteiger partial charge in [-0.25, -0.2) is 0 Å². The van der Waals surface area contributed by atoms with E-state index in [2.05, 4.69) is 6.92 Å². The minimum atomic E-state index is 0. The van der Waals surface area contributed by atoms with Crippen LogP contribution in [0.4, 0.5) is 0 Å². The van der Waals surface area contributed by atoms with Crippen LogP contribution >= 0.6 is 0 Å². The Morgan fingerprint density at radius 1 is 1.20 bits per heavy atom. The average Bonchev–Trinajstić information content (AvgIpc) is 1.81. The predicted octanol–water partition coefficient (Wildman–Crippen LogP) is -0.854. The molecule has 0 bridgehead atoms. The summed E-state index contributed by atoms with van der Waals surface area (Å²) < 4.78 is 4.97.